The lowest BCUT2D eigenvalue weighted by molar-refractivity contribution is -0.134. The molecular formula is C23H29N3O4. The van der Waals surface area contributed by atoms with Crippen molar-refractivity contribution < 1.29 is 19.4 Å². The largest absolute Gasteiger partial charge is 0.506 e. The lowest BCUT2D eigenvalue weighted by Gasteiger charge is -2.38. The maximum atomic E-state index is 13.1. The molecule has 1 aliphatic rings. The molecule has 7 heteroatoms. The Morgan fingerprint density at radius 1 is 1.00 bits per heavy atom. The Balaban J connectivity index is 1.63. The van der Waals surface area contributed by atoms with Crippen LogP contribution in [0, 0.1) is 5.92 Å². The number of para-hydroxylation sites is 2. The number of nitrogens with one attached hydrogen (secondary N) is 1. The molecule has 0 radical (unpaired) electrons. The zero-order chi connectivity index (χ0) is 21.7. The molecule has 1 aliphatic heterocycles. The van der Waals surface area contributed by atoms with E-state index in [9.17, 15) is 14.7 Å². The maximum absolute atomic E-state index is 13.1. The van der Waals surface area contributed by atoms with Crippen molar-refractivity contribution in [1.82, 2.24) is 10.2 Å². The highest BCUT2D eigenvalue weighted by atomic mass is 16.5. The average molecular weight is 412 g/mol. The first-order valence-corrected chi connectivity index (χ1v) is 10.2. The molecule has 3 rings (SSSR count). The molecule has 1 heterocycles. The summed E-state index contributed by atoms with van der Waals surface area (Å²) in [6.07, 6.45) is 0. The van der Waals surface area contributed by atoms with Gasteiger partial charge in [0.25, 0.3) is 5.91 Å². The molecule has 30 heavy (non-hydrogen) atoms. The minimum atomic E-state index is -0.601. The van der Waals surface area contributed by atoms with E-state index in [2.05, 4.69) is 10.2 Å². The van der Waals surface area contributed by atoms with Crippen LogP contribution in [0.3, 0.4) is 0 Å². The molecule has 0 spiro atoms. The van der Waals surface area contributed by atoms with Crippen molar-refractivity contribution in [3.05, 3.63) is 54.1 Å². The maximum Gasteiger partial charge on any atom is 0.251 e. The van der Waals surface area contributed by atoms with Crippen LogP contribution >= 0.6 is 0 Å². The normalized spacial score (nSPS) is 15.1. The number of benzene rings is 2. The second kappa shape index (κ2) is 9.52. The van der Waals surface area contributed by atoms with Crippen molar-refractivity contribution in [3.8, 4) is 11.5 Å². The van der Waals surface area contributed by atoms with Gasteiger partial charge in [-0.25, -0.2) is 0 Å². The van der Waals surface area contributed by atoms with Crippen LogP contribution in [0.2, 0.25) is 0 Å². The van der Waals surface area contributed by atoms with Crippen LogP contribution in [-0.2, 0) is 4.79 Å². The number of nitrogens with zero attached hydrogens (tertiary/aromatic N) is 2. The van der Waals surface area contributed by atoms with Crippen LogP contribution in [0.4, 0.5) is 5.69 Å². The number of rotatable bonds is 6. The van der Waals surface area contributed by atoms with Gasteiger partial charge in [-0.15, -0.1) is 0 Å². The van der Waals surface area contributed by atoms with Crippen LogP contribution in [-0.4, -0.2) is 61.2 Å². The lowest BCUT2D eigenvalue weighted by Crippen LogP contribution is -2.56. The molecule has 0 aromatic heterocycles. The second-order valence-corrected chi connectivity index (χ2v) is 7.72. The molecule has 1 saturated heterocycles. The molecule has 160 valence electrons. The number of ether oxygens (including phenoxy) is 1. The summed E-state index contributed by atoms with van der Waals surface area (Å²) in [6, 6.07) is 13.4. The van der Waals surface area contributed by atoms with E-state index >= 15 is 0 Å². The molecule has 0 aliphatic carbocycles. The van der Waals surface area contributed by atoms with Crippen LogP contribution < -0.4 is 15.0 Å². The van der Waals surface area contributed by atoms with Gasteiger partial charge in [-0.2, -0.15) is 0 Å². The third kappa shape index (κ3) is 4.84. The third-order valence-electron chi connectivity index (χ3n) is 5.39. The first-order valence-electron chi connectivity index (χ1n) is 10.2. The fourth-order valence-corrected chi connectivity index (χ4v) is 3.58. The van der Waals surface area contributed by atoms with Gasteiger partial charge in [0.05, 0.1) is 12.8 Å². The third-order valence-corrected chi connectivity index (χ3v) is 5.39. The molecule has 1 atom stereocenters. The highest BCUT2D eigenvalue weighted by Gasteiger charge is 2.31. The van der Waals surface area contributed by atoms with E-state index in [0.29, 0.717) is 37.5 Å². The van der Waals surface area contributed by atoms with Crippen molar-refractivity contribution in [2.75, 3.05) is 38.2 Å². The first-order chi connectivity index (χ1) is 14.4. The van der Waals surface area contributed by atoms with E-state index in [1.165, 1.54) is 0 Å². The second-order valence-electron chi connectivity index (χ2n) is 7.72. The van der Waals surface area contributed by atoms with Crippen molar-refractivity contribution >= 4 is 17.5 Å². The Bertz CT molecular complexity index is 874. The summed E-state index contributed by atoms with van der Waals surface area (Å²) in [5.41, 5.74) is 1.26. The highest BCUT2D eigenvalue weighted by molar-refractivity contribution is 5.97. The van der Waals surface area contributed by atoms with Crippen LogP contribution in [0.15, 0.2) is 48.5 Å². The van der Waals surface area contributed by atoms with E-state index in [1.807, 2.05) is 26.0 Å². The Kier molecular flexibility index (Phi) is 6.82. The first kappa shape index (κ1) is 21.5. The fraction of sp³-hybridized carbons (Fsp3) is 0.391. The van der Waals surface area contributed by atoms with Crippen LogP contribution in [0.1, 0.15) is 24.2 Å². The van der Waals surface area contributed by atoms with Crippen LogP contribution in [0.25, 0.3) is 0 Å². The number of piperazine rings is 1. The van der Waals surface area contributed by atoms with Crippen molar-refractivity contribution in [1.29, 1.82) is 0 Å². The molecule has 2 N–H and O–H groups in total. The Hall–Kier alpha value is -3.22. The summed E-state index contributed by atoms with van der Waals surface area (Å²) in [5.74, 6) is 0.506. The lowest BCUT2D eigenvalue weighted by atomic mass is 10.0. The summed E-state index contributed by atoms with van der Waals surface area (Å²) in [7, 11) is 1.57. The van der Waals surface area contributed by atoms with Crippen molar-refractivity contribution in [2.45, 2.75) is 19.9 Å². The number of hydrogen-bond donors (Lipinski definition) is 2. The minimum absolute atomic E-state index is 0.0455. The van der Waals surface area contributed by atoms with Gasteiger partial charge in [-0.05, 0) is 42.3 Å². The summed E-state index contributed by atoms with van der Waals surface area (Å²) < 4.78 is 5.12. The standard InChI is InChI=1S/C23H29N3O4/c1-16(2)21(24-22(28)17-8-10-18(30-3)11-9-17)23(29)26-14-12-25(13-15-26)19-6-4-5-7-20(19)27/h4-11,16,21,27H,12-15H2,1-3H3,(H,24,28)/t21-/m0/s1. The van der Waals surface area contributed by atoms with Crippen LogP contribution in [0.5, 0.6) is 11.5 Å². The molecule has 7 nitrogen and oxygen atoms in total. The van der Waals surface area contributed by atoms with Gasteiger partial charge < -0.3 is 25.0 Å². The molecular weight excluding hydrogens is 382 g/mol. The molecule has 2 amide bonds. The quantitative estimate of drug-likeness (QED) is 0.763. The van der Waals surface area contributed by atoms with E-state index in [1.54, 1.807) is 48.4 Å². The Morgan fingerprint density at radius 3 is 2.20 bits per heavy atom. The number of anilines is 1. The van der Waals surface area contributed by atoms with Gasteiger partial charge in [0, 0.05) is 31.7 Å². The van der Waals surface area contributed by atoms with E-state index in [4.69, 9.17) is 4.74 Å². The Morgan fingerprint density at radius 2 is 1.63 bits per heavy atom. The topological polar surface area (TPSA) is 82.1 Å². The number of amides is 2. The summed E-state index contributed by atoms with van der Waals surface area (Å²) >= 11 is 0. The molecule has 2 aromatic rings. The zero-order valence-corrected chi connectivity index (χ0v) is 17.7. The molecule has 0 unspecified atom stereocenters. The monoisotopic (exact) mass is 411 g/mol. The van der Waals surface area contributed by atoms with Gasteiger partial charge in [0.2, 0.25) is 5.91 Å². The molecule has 2 aromatic carbocycles. The average Bonchev–Trinajstić information content (AvgIpc) is 2.77. The predicted molar refractivity (Wildman–Crippen MR) is 116 cm³/mol. The summed E-state index contributed by atoms with van der Waals surface area (Å²) in [5, 5.41) is 13.0. The molecule has 0 bridgehead atoms. The van der Waals surface area contributed by atoms with Gasteiger partial charge >= 0.3 is 0 Å². The summed E-state index contributed by atoms with van der Waals surface area (Å²) in [6.45, 7) is 6.18. The molecule has 0 saturated carbocycles. The Labute approximate surface area is 177 Å². The van der Waals surface area contributed by atoms with Crippen molar-refractivity contribution in [2.24, 2.45) is 5.92 Å². The van der Waals surface area contributed by atoms with E-state index < -0.39 is 6.04 Å². The number of hydrogen-bond acceptors (Lipinski definition) is 5. The molecule has 1 fully saturated rings. The number of carbonyl (C=O) groups excluding carboxylic acids is 2. The summed E-state index contributed by atoms with van der Waals surface area (Å²) in [4.78, 5) is 29.7. The van der Waals surface area contributed by atoms with Crippen molar-refractivity contribution in [3.63, 3.8) is 0 Å². The van der Waals surface area contributed by atoms with E-state index in [-0.39, 0.29) is 23.5 Å². The van der Waals surface area contributed by atoms with Gasteiger partial charge in [0.1, 0.15) is 17.5 Å². The number of methoxy groups -OCH3 is 1. The SMILES string of the molecule is COc1ccc(C(=O)N[C@H](C(=O)N2CCN(c3ccccc3O)CC2)C(C)C)cc1. The number of phenols is 1. The fourth-order valence-electron chi connectivity index (χ4n) is 3.58. The van der Waals surface area contributed by atoms with Gasteiger partial charge in [-0.3, -0.25) is 9.59 Å². The van der Waals surface area contributed by atoms with E-state index in [0.717, 1.165) is 5.69 Å². The number of carbonyl (C=O) groups is 2. The predicted octanol–water partition coefficient (Wildman–Crippen LogP) is 2.50. The highest BCUT2D eigenvalue weighted by Crippen LogP contribution is 2.27. The number of aromatic hydroxyl groups is 1. The van der Waals surface area contributed by atoms with Gasteiger partial charge in [0.15, 0.2) is 0 Å². The number of phenolic OH excluding ortho intramolecular Hbond substituents is 1. The minimum Gasteiger partial charge on any atom is -0.506 e. The zero-order valence-electron chi connectivity index (χ0n) is 17.7. The van der Waals surface area contributed by atoms with Gasteiger partial charge in [-0.1, -0.05) is 26.0 Å². The smallest absolute Gasteiger partial charge is 0.251 e.